The second kappa shape index (κ2) is 6.23. The standard InChI is InChI=1S/C18H22N4O3/c1-18(2,3)12-10-19-16(24)15(12)17(25)20-13-9-14(23)22(21-13)11-7-5-4-6-8-11/h4-9,12,15,21H,10H2,1-3H3,(H,19,24)(H,20,25)/t12-,15+/m0/s1. The normalized spacial score (nSPS) is 20.4. The first-order valence-corrected chi connectivity index (χ1v) is 8.23. The Bertz CT molecular complexity index is 845. The number of nitrogens with zero attached hydrogens (tertiary/aromatic N) is 1. The van der Waals surface area contributed by atoms with Crippen LogP contribution in [0.25, 0.3) is 5.69 Å². The smallest absolute Gasteiger partial charge is 0.273 e. The van der Waals surface area contributed by atoms with Gasteiger partial charge in [0.1, 0.15) is 11.7 Å². The molecule has 0 radical (unpaired) electrons. The number of hydrogen-bond acceptors (Lipinski definition) is 3. The molecule has 1 saturated heterocycles. The Kier molecular flexibility index (Phi) is 4.24. The zero-order chi connectivity index (χ0) is 18.2. The van der Waals surface area contributed by atoms with E-state index in [1.807, 2.05) is 39.0 Å². The van der Waals surface area contributed by atoms with Gasteiger partial charge in [-0.05, 0) is 17.5 Å². The zero-order valence-electron chi connectivity index (χ0n) is 14.5. The molecule has 1 aliphatic rings. The van der Waals surface area contributed by atoms with Gasteiger partial charge in [0.05, 0.1) is 5.69 Å². The minimum Gasteiger partial charge on any atom is -0.355 e. The third-order valence-corrected chi connectivity index (χ3v) is 4.57. The van der Waals surface area contributed by atoms with Crippen LogP contribution in [0.2, 0.25) is 0 Å². The minimum absolute atomic E-state index is 0.108. The van der Waals surface area contributed by atoms with Crippen LogP contribution in [0.3, 0.4) is 0 Å². The monoisotopic (exact) mass is 342 g/mol. The topological polar surface area (TPSA) is 96.0 Å². The fourth-order valence-electron chi connectivity index (χ4n) is 3.17. The van der Waals surface area contributed by atoms with Crippen molar-refractivity contribution >= 4 is 17.6 Å². The molecule has 3 N–H and O–H groups in total. The third-order valence-electron chi connectivity index (χ3n) is 4.57. The third kappa shape index (κ3) is 3.35. The van der Waals surface area contributed by atoms with E-state index in [2.05, 4.69) is 15.7 Å². The summed E-state index contributed by atoms with van der Waals surface area (Å²) in [5.41, 5.74) is 0.189. The number of rotatable bonds is 3. The maximum Gasteiger partial charge on any atom is 0.273 e. The van der Waals surface area contributed by atoms with Gasteiger partial charge in [-0.1, -0.05) is 39.0 Å². The molecule has 0 bridgehead atoms. The quantitative estimate of drug-likeness (QED) is 0.738. The predicted octanol–water partition coefficient (Wildman–Crippen LogP) is 1.51. The number of carbonyl (C=O) groups excluding carboxylic acids is 2. The predicted molar refractivity (Wildman–Crippen MR) is 94.5 cm³/mol. The van der Waals surface area contributed by atoms with Crippen molar-refractivity contribution in [3.8, 4) is 5.69 Å². The number of aromatic amines is 1. The summed E-state index contributed by atoms with van der Waals surface area (Å²) in [6, 6.07) is 10.4. The van der Waals surface area contributed by atoms with Crippen LogP contribution in [0, 0.1) is 17.3 Å². The van der Waals surface area contributed by atoms with Crippen molar-refractivity contribution in [1.82, 2.24) is 15.1 Å². The van der Waals surface area contributed by atoms with Gasteiger partial charge in [-0.2, -0.15) is 0 Å². The second-order valence-electron chi connectivity index (χ2n) is 7.36. The van der Waals surface area contributed by atoms with Gasteiger partial charge in [0, 0.05) is 18.5 Å². The first-order valence-electron chi connectivity index (χ1n) is 8.23. The molecule has 1 aromatic heterocycles. The summed E-state index contributed by atoms with van der Waals surface area (Å²) in [6.45, 7) is 6.49. The number of aromatic nitrogens is 2. The molecule has 1 aliphatic heterocycles. The lowest BCUT2D eigenvalue weighted by Gasteiger charge is -2.29. The summed E-state index contributed by atoms with van der Waals surface area (Å²) in [4.78, 5) is 36.9. The molecule has 3 rings (SSSR count). The molecule has 2 aromatic rings. The Morgan fingerprint density at radius 3 is 2.52 bits per heavy atom. The average molecular weight is 342 g/mol. The molecule has 7 nitrogen and oxygen atoms in total. The highest BCUT2D eigenvalue weighted by Crippen LogP contribution is 2.35. The summed E-state index contributed by atoms with van der Waals surface area (Å²) < 4.78 is 1.34. The largest absolute Gasteiger partial charge is 0.355 e. The summed E-state index contributed by atoms with van der Waals surface area (Å²) in [7, 11) is 0. The van der Waals surface area contributed by atoms with Gasteiger partial charge in [-0.3, -0.25) is 19.5 Å². The van der Waals surface area contributed by atoms with Crippen molar-refractivity contribution in [2.75, 3.05) is 11.9 Å². The van der Waals surface area contributed by atoms with Gasteiger partial charge < -0.3 is 10.6 Å². The maximum atomic E-state index is 12.6. The summed E-state index contributed by atoms with van der Waals surface area (Å²) in [5, 5.41) is 8.29. The second-order valence-corrected chi connectivity index (χ2v) is 7.36. The van der Waals surface area contributed by atoms with Crippen molar-refractivity contribution in [3.05, 3.63) is 46.8 Å². The molecule has 25 heavy (non-hydrogen) atoms. The summed E-state index contributed by atoms with van der Waals surface area (Å²) in [6.07, 6.45) is 0. The maximum absolute atomic E-state index is 12.6. The number of amides is 2. The van der Waals surface area contributed by atoms with E-state index in [9.17, 15) is 14.4 Å². The molecule has 0 saturated carbocycles. The van der Waals surface area contributed by atoms with E-state index in [0.29, 0.717) is 12.2 Å². The highest BCUT2D eigenvalue weighted by Gasteiger charge is 2.45. The first-order chi connectivity index (χ1) is 11.8. The Labute approximate surface area is 145 Å². The lowest BCUT2D eigenvalue weighted by atomic mass is 9.74. The number of nitrogens with one attached hydrogen (secondary N) is 3. The van der Waals surface area contributed by atoms with E-state index >= 15 is 0 Å². The minimum atomic E-state index is -0.774. The Morgan fingerprint density at radius 2 is 1.88 bits per heavy atom. The molecule has 0 unspecified atom stereocenters. The lowest BCUT2D eigenvalue weighted by Crippen LogP contribution is -2.37. The van der Waals surface area contributed by atoms with Crippen LogP contribution in [0.1, 0.15) is 20.8 Å². The Balaban J connectivity index is 1.82. The van der Waals surface area contributed by atoms with Crippen molar-refractivity contribution < 1.29 is 9.59 Å². The average Bonchev–Trinajstić information content (AvgIpc) is 3.10. The molecule has 132 valence electrons. The summed E-state index contributed by atoms with van der Waals surface area (Å²) >= 11 is 0. The van der Waals surface area contributed by atoms with Crippen LogP contribution in [0.5, 0.6) is 0 Å². The molecular formula is C18H22N4O3. The van der Waals surface area contributed by atoms with Crippen LogP contribution in [-0.4, -0.2) is 28.1 Å². The number of para-hydroxylation sites is 1. The molecule has 0 aliphatic carbocycles. The molecule has 7 heteroatoms. The number of hydrogen-bond donors (Lipinski definition) is 3. The molecule has 1 fully saturated rings. The van der Waals surface area contributed by atoms with Crippen molar-refractivity contribution in [2.24, 2.45) is 17.3 Å². The van der Waals surface area contributed by atoms with E-state index in [4.69, 9.17) is 0 Å². The van der Waals surface area contributed by atoms with Crippen LogP contribution in [0.15, 0.2) is 41.2 Å². The highest BCUT2D eigenvalue weighted by atomic mass is 16.2. The lowest BCUT2D eigenvalue weighted by molar-refractivity contribution is -0.132. The van der Waals surface area contributed by atoms with Crippen LogP contribution < -0.4 is 16.2 Å². The van der Waals surface area contributed by atoms with E-state index in [0.717, 1.165) is 0 Å². The van der Waals surface area contributed by atoms with Crippen molar-refractivity contribution in [2.45, 2.75) is 20.8 Å². The van der Waals surface area contributed by atoms with Gasteiger partial charge in [0.25, 0.3) is 5.56 Å². The number of carbonyl (C=O) groups is 2. The Hall–Kier alpha value is -2.83. The van der Waals surface area contributed by atoms with Gasteiger partial charge in [0.15, 0.2) is 0 Å². The van der Waals surface area contributed by atoms with Crippen molar-refractivity contribution in [3.63, 3.8) is 0 Å². The van der Waals surface area contributed by atoms with Crippen LogP contribution >= 0.6 is 0 Å². The molecule has 1 aromatic carbocycles. The SMILES string of the molecule is CC(C)(C)[C@H]1CNC(=O)[C@@H]1C(=O)Nc1cc(=O)n(-c2ccccc2)[nH]1. The van der Waals surface area contributed by atoms with E-state index in [1.54, 1.807) is 12.1 Å². The summed E-state index contributed by atoms with van der Waals surface area (Å²) in [5.74, 6) is -1.30. The number of anilines is 1. The molecule has 0 spiro atoms. The van der Waals surface area contributed by atoms with E-state index < -0.39 is 11.8 Å². The highest BCUT2D eigenvalue weighted by molar-refractivity contribution is 6.07. The van der Waals surface area contributed by atoms with Gasteiger partial charge in [0.2, 0.25) is 11.8 Å². The molecule has 2 atom stereocenters. The molecular weight excluding hydrogens is 320 g/mol. The molecule has 2 amide bonds. The van der Waals surface area contributed by atoms with Gasteiger partial charge >= 0.3 is 0 Å². The van der Waals surface area contributed by atoms with Crippen molar-refractivity contribution in [1.29, 1.82) is 0 Å². The van der Waals surface area contributed by atoms with Gasteiger partial charge in [-0.15, -0.1) is 0 Å². The Morgan fingerprint density at radius 1 is 1.20 bits per heavy atom. The van der Waals surface area contributed by atoms with E-state index in [1.165, 1.54) is 10.7 Å². The van der Waals surface area contributed by atoms with Crippen LogP contribution in [-0.2, 0) is 9.59 Å². The number of benzene rings is 1. The fraction of sp³-hybridized carbons (Fsp3) is 0.389. The first kappa shape index (κ1) is 17.0. The van der Waals surface area contributed by atoms with Gasteiger partial charge in [-0.25, -0.2) is 4.68 Å². The van der Waals surface area contributed by atoms with E-state index in [-0.39, 0.29) is 28.6 Å². The van der Waals surface area contributed by atoms with Crippen LogP contribution in [0.4, 0.5) is 5.82 Å². The fourth-order valence-corrected chi connectivity index (χ4v) is 3.17. The zero-order valence-corrected chi connectivity index (χ0v) is 14.5. The number of H-pyrrole nitrogens is 1. The molecule has 2 heterocycles.